The predicted molar refractivity (Wildman–Crippen MR) is 68.7 cm³/mol. The molecule has 1 aliphatic heterocycles. The van der Waals surface area contributed by atoms with Crippen LogP contribution in [0.25, 0.3) is 0 Å². The summed E-state index contributed by atoms with van der Waals surface area (Å²) < 4.78 is 0. The predicted octanol–water partition coefficient (Wildman–Crippen LogP) is 0.591. The highest BCUT2D eigenvalue weighted by atomic mass is 16.3. The fourth-order valence-corrected chi connectivity index (χ4v) is 4.44. The van der Waals surface area contributed by atoms with Crippen LogP contribution in [0.1, 0.15) is 32.6 Å². The number of nitrogens with zero attached hydrogens (tertiary/aromatic N) is 1. The maximum atomic E-state index is 12.6. The van der Waals surface area contributed by atoms with E-state index in [0.29, 0.717) is 24.3 Å². The third-order valence-corrected chi connectivity index (χ3v) is 5.43. The minimum atomic E-state index is -0.275. The molecule has 0 aromatic rings. The Hall–Kier alpha value is -0.610. The van der Waals surface area contributed by atoms with Gasteiger partial charge in [0.05, 0.1) is 11.5 Å². The minimum absolute atomic E-state index is 0.193. The van der Waals surface area contributed by atoms with E-state index in [4.69, 9.17) is 5.73 Å². The fourth-order valence-electron chi connectivity index (χ4n) is 4.44. The van der Waals surface area contributed by atoms with Gasteiger partial charge in [0, 0.05) is 25.6 Å². The highest BCUT2D eigenvalue weighted by Crippen LogP contribution is 2.48. The Balaban J connectivity index is 1.68. The van der Waals surface area contributed by atoms with E-state index in [2.05, 4.69) is 6.92 Å². The van der Waals surface area contributed by atoms with Gasteiger partial charge < -0.3 is 15.7 Å². The summed E-state index contributed by atoms with van der Waals surface area (Å²) in [6.07, 6.45) is 3.67. The Morgan fingerprint density at radius 3 is 2.67 bits per heavy atom. The van der Waals surface area contributed by atoms with Crippen LogP contribution < -0.4 is 5.73 Å². The molecule has 3 fully saturated rings. The van der Waals surface area contributed by atoms with E-state index in [1.165, 1.54) is 0 Å². The normalized spacial score (nSPS) is 46.9. The molecule has 2 saturated carbocycles. The van der Waals surface area contributed by atoms with Crippen molar-refractivity contribution >= 4 is 5.91 Å². The number of aliphatic hydroxyl groups excluding tert-OH is 1. The summed E-state index contributed by atoms with van der Waals surface area (Å²) in [5.74, 6) is 1.73. The number of likely N-dealkylation sites (tertiary alicyclic amines) is 1. The van der Waals surface area contributed by atoms with Gasteiger partial charge >= 0.3 is 0 Å². The zero-order chi connectivity index (χ0) is 12.9. The Kier molecular flexibility index (Phi) is 2.90. The monoisotopic (exact) mass is 252 g/mol. The lowest BCUT2D eigenvalue weighted by atomic mass is 9.62. The van der Waals surface area contributed by atoms with Gasteiger partial charge in [-0.05, 0) is 37.5 Å². The second kappa shape index (κ2) is 4.20. The Morgan fingerprint density at radius 1 is 1.39 bits per heavy atom. The number of carbonyl (C=O) groups excluding carboxylic acids is 1. The Bertz CT molecular complexity index is 352. The number of amides is 1. The summed E-state index contributed by atoms with van der Waals surface area (Å²) in [5.41, 5.74) is 5.57. The number of nitrogens with two attached hydrogens (primary N) is 1. The molecular weight excluding hydrogens is 228 g/mol. The maximum absolute atomic E-state index is 12.6. The van der Waals surface area contributed by atoms with Crippen LogP contribution in [0.15, 0.2) is 0 Å². The average Bonchev–Trinajstić information content (AvgIpc) is 2.87. The van der Waals surface area contributed by atoms with Crippen molar-refractivity contribution < 1.29 is 9.90 Å². The quantitative estimate of drug-likeness (QED) is 0.756. The van der Waals surface area contributed by atoms with Crippen LogP contribution in [-0.2, 0) is 4.79 Å². The SMILES string of the molecule is CC1CC(CN)(C(=O)N2CC3CCC(O)C3C2)C1. The topological polar surface area (TPSA) is 66.6 Å². The van der Waals surface area contributed by atoms with E-state index in [1.807, 2.05) is 4.90 Å². The van der Waals surface area contributed by atoms with Gasteiger partial charge in [-0.2, -0.15) is 0 Å². The van der Waals surface area contributed by atoms with Crippen molar-refractivity contribution in [2.24, 2.45) is 28.9 Å². The lowest BCUT2D eigenvalue weighted by molar-refractivity contribution is -0.149. The third kappa shape index (κ3) is 1.69. The van der Waals surface area contributed by atoms with Crippen LogP contribution in [-0.4, -0.2) is 41.7 Å². The number of hydrogen-bond donors (Lipinski definition) is 2. The lowest BCUT2D eigenvalue weighted by Gasteiger charge is -2.46. The molecule has 4 nitrogen and oxygen atoms in total. The molecule has 3 rings (SSSR count). The van der Waals surface area contributed by atoms with Crippen LogP contribution in [0.5, 0.6) is 0 Å². The van der Waals surface area contributed by atoms with Crippen LogP contribution in [0.4, 0.5) is 0 Å². The highest BCUT2D eigenvalue weighted by molar-refractivity contribution is 5.84. The number of rotatable bonds is 2. The fraction of sp³-hybridized carbons (Fsp3) is 0.929. The average molecular weight is 252 g/mol. The molecule has 1 saturated heterocycles. The summed E-state index contributed by atoms with van der Waals surface area (Å²) in [7, 11) is 0. The number of hydrogen-bond acceptors (Lipinski definition) is 3. The molecule has 4 heteroatoms. The van der Waals surface area contributed by atoms with E-state index in [9.17, 15) is 9.90 Å². The first-order valence-electron chi connectivity index (χ1n) is 7.23. The number of aliphatic hydroxyl groups is 1. The van der Waals surface area contributed by atoms with Gasteiger partial charge in [0.2, 0.25) is 5.91 Å². The van der Waals surface area contributed by atoms with Crippen molar-refractivity contribution in [3.8, 4) is 0 Å². The molecule has 3 aliphatic rings. The lowest BCUT2D eigenvalue weighted by Crippen LogP contribution is -2.54. The molecule has 1 amide bonds. The second-order valence-corrected chi connectivity index (χ2v) is 6.78. The van der Waals surface area contributed by atoms with Gasteiger partial charge in [-0.3, -0.25) is 4.79 Å². The second-order valence-electron chi connectivity index (χ2n) is 6.78. The van der Waals surface area contributed by atoms with Crippen molar-refractivity contribution in [3.05, 3.63) is 0 Å². The van der Waals surface area contributed by atoms with E-state index in [-0.39, 0.29) is 17.4 Å². The van der Waals surface area contributed by atoms with Crippen molar-refractivity contribution in [1.29, 1.82) is 0 Å². The molecule has 0 radical (unpaired) electrons. The van der Waals surface area contributed by atoms with E-state index in [1.54, 1.807) is 0 Å². The molecule has 0 spiro atoms. The maximum Gasteiger partial charge on any atom is 0.230 e. The molecule has 3 N–H and O–H groups in total. The summed E-state index contributed by atoms with van der Waals surface area (Å²) in [6, 6.07) is 0. The molecule has 1 heterocycles. The van der Waals surface area contributed by atoms with Crippen molar-refractivity contribution in [3.63, 3.8) is 0 Å². The summed E-state index contributed by atoms with van der Waals surface area (Å²) >= 11 is 0. The standard InChI is InChI=1S/C14H24N2O2/c1-9-4-14(5-9,8-15)13(18)16-6-10-2-3-12(17)11(10)7-16/h9-12,17H,2-8,15H2,1H3. The van der Waals surface area contributed by atoms with Gasteiger partial charge in [0.15, 0.2) is 0 Å². The number of carbonyl (C=O) groups is 1. The van der Waals surface area contributed by atoms with E-state index < -0.39 is 0 Å². The molecular formula is C14H24N2O2. The first-order chi connectivity index (χ1) is 8.55. The van der Waals surface area contributed by atoms with Crippen LogP contribution >= 0.6 is 0 Å². The van der Waals surface area contributed by atoms with Crippen molar-refractivity contribution in [2.45, 2.75) is 38.7 Å². The zero-order valence-corrected chi connectivity index (χ0v) is 11.1. The molecule has 0 aromatic heterocycles. The summed E-state index contributed by atoms with van der Waals surface area (Å²) in [5, 5.41) is 9.91. The molecule has 0 aromatic carbocycles. The minimum Gasteiger partial charge on any atom is -0.393 e. The first kappa shape index (κ1) is 12.4. The molecule has 102 valence electrons. The Labute approximate surface area is 109 Å². The first-order valence-corrected chi connectivity index (χ1v) is 7.23. The van der Waals surface area contributed by atoms with E-state index in [0.717, 1.165) is 38.8 Å². The molecule has 3 atom stereocenters. The molecule has 2 aliphatic carbocycles. The van der Waals surface area contributed by atoms with Crippen LogP contribution in [0.3, 0.4) is 0 Å². The van der Waals surface area contributed by atoms with E-state index >= 15 is 0 Å². The van der Waals surface area contributed by atoms with Crippen LogP contribution in [0, 0.1) is 23.2 Å². The molecule has 0 bridgehead atoms. The van der Waals surface area contributed by atoms with Gasteiger partial charge in [0.1, 0.15) is 0 Å². The van der Waals surface area contributed by atoms with Gasteiger partial charge in [0.25, 0.3) is 0 Å². The van der Waals surface area contributed by atoms with Gasteiger partial charge in [-0.1, -0.05) is 6.92 Å². The van der Waals surface area contributed by atoms with Crippen LogP contribution in [0.2, 0.25) is 0 Å². The van der Waals surface area contributed by atoms with Crippen molar-refractivity contribution in [2.75, 3.05) is 19.6 Å². The van der Waals surface area contributed by atoms with Gasteiger partial charge in [-0.25, -0.2) is 0 Å². The third-order valence-electron chi connectivity index (χ3n) is 5.43. The Morgan fingerprint density at radius 2 is 2.11 bits per heavy atom. The zero-order valence-electron chi connectivity index (χ0n) is 11.1. The highest BCUT2D eigenvalue weighted by Gasteiger charge is 2.52. The summed E-state index contributed by atoms with van der Waals surface area (Å²) in [4.78, 5) is 14.6. The number of fused-ring (bicyclic) bond motifs is 1. The molecule has 3 unspecified atom stereocenters. The smallest absolute Gasteiger partial charge is 0.230 e. The van der Waals surface area contributed by atoms with Crippen molar-refractivity contribution in [1.82, 2.24) is 4.90 Å². The molecule has 18 heavy (non-hydrogen) atoms. The summed E-state index contributed by atoms with van der Waals surface area (Å²) in [6.45, 7) is 4.26. The van der Waals surface area contributed by atoms with Gasteiger partial charge in [-0.15, -0.1) is 0 Å². The largest absolute Gasteiger partial charge is 0.393 e.